The van der Waals surface area contributed by atoms with Gasteiger partial charge in [0.2, 0.25) is 0 Å². The van der Waals surface area contributed by atoms with Crippen molar-refractivity contribution in [3.8, 4) is 5.75 Å². The Morgan fingerprint density at radius 3 is 2.74 bits per heavy atom. The van der Waals surface area contributed by atoms with Gasteiger partial charge in [-0.15, -0.1) is 0 Å². The van der Waals surface area contributed by atoms with Crippen molar-refractivity contribution in [2.45, 2.75) is 6.92 Å². The zero-order valence-electron chi connectivity index (χ0n) is 10.5. The minimum absolute atomic E-state index is 0.272. The molecular formula is C14H14N2O3. The van der Waals surface area contributed by atoms with Crippen molar-refractivity contribution in [2.75, 3.05) is 11.9 Å². The zero-order valence-corrected chi connectivity index (χ0v) is 10.5. The van der Waals surface area contributed by atoms with Crippen LogP contribution in [0.5, 0.6) is 5.75 Å². The second-order valence-electron chi connectivity index (χ2n) is 3.62. The summed E-state index contributed by atoms with van der Waals surface area (Å²) in [5.41, 5.74) is 0.647. The first kappa shape index (κ1) is 12.9. The Bertz CT molecular complexity index is 543. The molecule has 0 radical (unpaired) electrons. The van der Waals surface area contributed by atoms with E-state index in [4.69, 9.17) is 9.47 Å². The molecule has 0 atom stereocenters. The fraction of sp³-hybridized carbons (Fsp3) is 0.143. The van der Waals surface area contributed by atoms with E-state index in [0.29, 0.717) is 17.3 Å². The highest BCUT2D eigenvalue weighted by Crippen LogP contribution is 2.26. The van der Waals surface area contributed by atoms with Crippen molar-refractivity contribution in [2.24, 2.45) is 0 Å². The maximum atomic E-state index is 11.3. The molecule has 19 heavy (non-hydrogen) atoms. The third-order valence-electron chi connectivity index (χ3n) is 2.27. The topological polar surface area (TPSA) is 60.5 Å². The average molecular weight is 258 g/mol. The van der Waals surface area contributed by atoms with E-state index < -0.39 is 6.16 Å². The van der Waals surface area contributed by atoms with Crippen LogP contribution in [0.15, 0.2) is 48.7 Å². The summed E-state index contributed by atoms with van der Waals surface area (Å²) in [5, 5.41) is 3.08. The van der Waals surface area contributed by atoms with Crippen LogP contribution in [0.4, 0.5) is 16.3 Å². The van der Waals surface area contributed by atoms with E-state index >= 15 is 0 Å². The number of anilines is 2. The first-order valence-electron chi connectivity index (χ1n) is 5.91. The normalized spacial score (nSPS) is 9.74. The summed E-state index contributed by atoms with van der Waals surface area (Å²) in [5.74, 6) is 1.06. The number of nitrogens with zero attached hydrogens (tertiary/aromatic N) is 1. The molecule has 98 valence electrons. The van der Waals surface area contributed by atoms with E-state index in [2.05, 4.69) is 10.3 Å². The third kappa shape index (κ3) is 3.70. The molecule has 0 saturated carbocycles. The fourth-order valence-corrected chi connectivity index (χ4v) is 1.47. The molecule has 1 aromatic heterocycles. The summed E-state index contributed by atoms with van der Waals surface area (Å²) < 4.78 is 9.85. The molecule has 0 unspecified atom stereocenters. The number of benzene rings is 1. The van der Waals surface area contributed by atoms with Crippen LogP contribution in [-0.2, 0) is 4.74 Å². The molecule has 0 spiro atoms. The van der Waals surface area contributed by atoms with E-state index in [1.807, 2.05) is 24.3 Å². The summed E-state index contributed by atoms with van der Waals surface area (Å²) in [6.45, 7) is 1.99. The smallest absolute Gasteiger partial charge is 0.434 e. The number of ether oxygens (including phenoxy) is 2. The van der Waals surface area contributed by atoms with Crippen molar-refractivity contribution in [3.63, 3.8) is 0 Å². The molecular weight excluding hydrogens is 244 g/mol. The lowest BCUT2D eigenvalue weighted by Gasteiger charge is -2.11. The molecule has 5 nitrogen and oxygen atoms in total. The van der Waals surface area contributed by atoms with Crippen molar-refractivity contribution in [1.29, 1.82) is 0 Å². The van der Waals surface area contributed by atoms with Gasteiger partial charge in [-0.2, -0.15) is 0 Å². The Balaban J connectivity index is 2.14. The highest BCUT2D eigenvalue weighted by atomic mass is 16.7. The standard InChI is InChI=1S/C14H14N2O3/c1-2-18-14(17)19-12-8-4-3-7-11(12)16-13-9-5-6-10-15-13/h3-10H,2H2,1H3,(H,15,16). The van der Waals surface area contributed by atoms with Gasteiger partial charge in [0.15, 0.2) is 5.75 Å². The lowest BCUT2D eigenvalue weighted by atomic mass is 10.3. The summed E-state index contributed by atoms with van der Waals surface area (Å²) in [6, 6.07) is 12.6. The Morgan fingerprint density at radius 1 is 1.21 bits per heavy atom. The summed E-state index contributed by atoms with van der Waals surface area (Å²) >= 11 is 0. The molecule has 0 aliphatic carbocycles. The van der Waals surface area contributed by atoms with Crippen LogP contribution in [0.3, 0.4) is 0 Å². The Hall–Kier alpha value is -2.56. The van der Waals surface area contributed by atoms with Crippen molar-refractivity contribution < 1.29 is 14.3 Å². The lowest BCUT2D eigenvalue weighted by Crippen LogP contribution is -2.11. The van der Waals surface area contributed by atoms with E-state index in [0.717, 1.165) is 0 Å². The number of pyridine rings is 1. The van der Waals surface area contributed by atoms with Crippen LogP contribution in [0, 0.1) is 0 Å². The second-order valence-corrected chi connectivity index (χ2v) is 3.62. The first-order valence-corrected chi connectivity index (χ1v) is 5.91. The molecule has 2 aromatic rings. The summed E-state index contributed by atoms with van der Waals surface area (Å²) in [7, 11) is 0. The van der Waals surface area contributed by atoms with Gasteiger partial charge in [-0.25, -0.2) is 9.78 Å². The summed E-state index contributed by atoms with van der Waals surface area (Å²) in [4.78, 5) is 15.5. The summed E-state index contributed by atoms with van der Waals surface area (Å²) in [6.07, 6.45) is 0.953. The zero-order chi connectivity index (χ0) is 13.5. The van der Waals surface area contributed by atoms with E-state index in [1.165, 1.54) is 0 Å². The highest BCUT2D eigenvalue weighted by Gasteiger charge is 2.09. The molecule has 1 N–H and O–H groups in total. The predicted octanol–water partition coefficient (Wildman–Crippen LogP) is 3.36. The van der Waals surface area contributed by atoms with Gasteiger partial charge in [0, 0.05) is 6.20 Å². The van der Waals surface area contributed by atoms with E-state index in [1.54, 1.807) is 31.3 Å². The second kappa shape index (κ2) is 6.39. The number of aromatic nitrogens is 1. The molecule has 1 heterocycles. The number of nitrogens with one attached hydrogen (secondary N) is 1. The maximum absolute atomic E-state index is 11.3. The molecule has 5 heteroatoms. The number of para-hydroxylation sites is 2. The quantitative estimate of drug-likeness (QED) is 0.673. The number of carbonyl (C=O) groups is 1. The van der Waals surface area contributed by atoms with Gasteiger partial charge in [0.05, 0.1) is 12.3 Å². The molecule has 0 aliphatic rings. The Morgan fingerprint density at radius 2 is 2.00 bits per heavy atom. The van der Waals surface area contributed by atoms with Crippen LogP contribution in [0.25, 0.3) is 0 Å². The van der Waals surface area contributed by atoms with Crippen LogP contribution in [0.2, 0.25) is 0 Å². The fourth-order valence-electron chi connectivity index (χ4n) is 1.47. The van der Waals surface area contributed by atoms with E-state index in [-0.39, 0.29) is 6.61 Å². The van der Waals surface area contributed by atoms with Gasteiger partial charge < -0.3 is 14.8 Å². The van der Waals surface area contributed by atoms with Crippen molar-refractivity contribution in [1.82, 2.24) is 4.98 Å². The van der Waals surface area contributed by atoms with Gasteiger partial charge in [-0.1, -0.05) is 18.2 Å². The molecule has 2 rings (SSSR count). The molecule has 0 fully saturated rings. The van der Waals surface area contributed by atoms with E-state index in [9.17, 15) is 4.79 Å². The first-order chi connectivity index (χ1) is 9.29. The minimum atomic E-state index is -0.724. The molecule has 0 bridgehead atoms. The van der Waals surface area contributed by atoms with Gasteiger partial charge in [0.1, 0.15) is 5.82 Å². The molecule has 1 aromatic carbocycles. The van der Waals surface area contributed by atoms with Gasteiger partial charge in [0.25, 0.3) is 0 Å². The largest absolute Gasteiger partial charge is 0.513 e. The average Bonchev–Trinajstić information content (AvgIpc) is 2.42. The third-order valence-corrected chi connectivity index (χ3v) is 2.27. The van der Waals surface area contributed by atoms with Gasteiger partial charge >= 0.3 is 6.16 Å². The van der Waals surface area contributed by atoms with Crippen LogP contribution >= 0.6 is 0 Å². The van der Waals surface area contributed by atoms with Crippen LogP contribution < -0.4 is 10.1 Å². The highest BCUT2D eigenvalue weighted by molar-refractivity contribution is 5.71. The predicted molar refractivity (Wildman–Crippen MR) is 71.6 cm³/mol. The number of hydrogen-bond acceptors (Lipinski definition) is 5. The number of hydrogen-bond donors (Lipinski definition) is 1. The SMILES string of the molecule is CCOC(=O)Oc1ccccc1Nc1ccccn1. The molecule has 0 amide bonds. The minimum Gasteiger partial charge on any atom is -0.434 e. The van der Waals surface area contributed by atoms with Crippen molar-refractivity contribution >= 4 is 17.7 Å². The maximum Gasteiger partial charge on any atom is 0.513 e. The van der Waals surface area contributed by atoms with Gasteiger partial charge in [-0.05, 0) is 31.2 Å². The Labute approximate surface area is 111 Å². The van der Waals surface area contributed by atoms with Crippen molar-refractivity contribution in [3.05, 3.63) is 48.7 Å². The molecule has 0 aliphatic heterocycles. The van der Waals surface area contributed by atoms with Crippen LogP contribution in [-0.4, -0.2) is 17.7 Å². The Kier molecular flexibility index (Phi) is 4.34. The van der Waals surface area contributed by atoms with Gasteiger partial charge in [-0.3, -0.25) is 0 Å². The number of carbonyl (C=O) groups excluding carboxylic acids is 1. The monoisotopic (exact) mass is 258 g/mol. The number of rotatable bonds is 4. The van der Waals surface area contributed by atoms with Crippen LogP contribution in [0.1, 0.15) is 6.92 Å². The molecule has 0 saturated heterocycles. The lowest BCUT2D eigenvalue weighted by molar-refractivity contribution is 0.104.